The standard InChI is InChI=1S/C12H11F2N3O/c1-7-3-4-8(13)5-10(7)18-11-9(14)6-16-12(15-2)17-11/h3-6H,1-2H3,(H,15,16,17). The summed E-state index contributed by atoms with van der Waals surface area (Å²) in [5, 5.41) is 2.66. The molecule has 18 heavy (non-hydrogen) atoms. The van der Waals surface area contributed by atoms with Crippen molar-refractivity contribution in [2.75, 3.05) is 12.4 Å². The van der Waals surface area contributed by atoms with Gasteiger partial charge in [0.2, 0.25) is 11.8 Å². The minimum atomic E-state index is -0.710. The van der Waals surface area contributed by atoms with Crippen LogP contribution in [0, 0.1) is 18.6 Å². The lowest BCUT2D eigenvalue weighted by atomic mass is 10.2. The molecule has 0 aliphatic carbocycles. The Balaban J connectivity index is 2.36. The van der Waals surface area contributed by atoms with E-state index >= 15 is 0 Å². The number of aryl methyl sites for hydroxylation is 1. The minimum Gasteiger partial charge on any atom is -0.436 e. The quantitative estimate of drug-likeness (QED) is 0.911. The van der Waals surface area contributed by atoms with E-state index < -0.39 is 11.6 Å². The first kappa shape index (κ1) is 12.2. The summed E-state index contributed by atoms with van der Waals surface area (Å²) >= 11 is 0. The lowest BCUT2D eigenvalue weighted by Gasteiger charge is -2.09. The Labute approximate surface area is 103 Å². The second kappa shape index (κ2) is 4.95. The highest BCUT2D eigenvalue weighted by molar-refractivity contribution is 5.37. The Morgan fingerprint density at radius 3 is 2.78 bits per heavy atom. The Morgan fingerprint density at radius 2 is 2.06 bits per heavy atom. The van der Waals surface area contributed by atoms with Gasteiger partial charge < -0.3 is 10.1 Å². The fourth-order valence-corrected chi connectivity index (χ4v) is 1.33. The van der Waals surface area contributed by atoms with E-state index in [1.165, 1.54) is 12.1 Å². The second-order valence-corrected chi connectivity index (χ2v) is 3.61. The largest absolute Gasteiger partial charge is 0.436 e. The Kier molecular flexibility index (Phi) is 3.36. The molecule has 2 aromatic rings. The molecule has 94 valence electrons. The van der Waals surface area contributed by atoms with Crippen molar-refractivity contribution < 1.29 is 13.5 Å². The lowest BCUT2D eigenvalue weighted by molar-refractivity contribution is 0.415. The number of aromatic nitrogens is 2. The monoisotopic (exact) mass is 251 g/mol. The summed E-state index contributed by atoms with van der Waals surface area (Å²) in [4.78, 5) is 7.50. The third-order valence-electron chi connectivity index (χ3n) is 2.29. The van der Waals surface area contributed by atoms with Crippen molar-refractivity contribution in [3.63, 3.8) is 0 Å². The van der Waals surface area contributed by atoms with Crippen LogP contribution in [0.25, 0.3) is 0 Å². The van der Waals surface area contributed by atoms with Crippen LogP contribution >= 0.6 is 0 Å². The van der Waals surface area contributed by atoms with E-state index in [-0.39, 0.29) is 17.6 Å². The zero-order chi connectivity index (χ0) is 13.1. The number of nitrogens with one attached hydrogen (secondary N) is 1. The van der Waals surface area contributed by atoms with Crippen LogP contribution in [-0.2, 0) is 0 Å². The van der Waals surface area contributed by atoms with E-state index in [2.05, 4.69) is 15.3 Å². The van der Waals surface area contributed by atoms with E-state index in [1.807, 2.05) is 0 Å². The number of hydrogen-bond donors (Lipinski definition) is 1. The van der Waals surface area contributed by atoms with E-state index in [9.17, 15) is 8.78 Å². The first-order chi connectivity index (χ1) is 8.60. The molecular formula is C12H11F2N3O. The predicted molar refractivity (Wildman–Crippen MR) is 62.7 cm³/mol. The highest BCUT2D eigenvalue weighted by Crippen LogP contribution is 2.26. The molecule has 0 amide bonds. The van der Waals surface area contributed by atoms with Gasteiger partial charge in [-0.15, -0.1) is 0 Å². The zero-order valence-electron chi connectivity index (χ0n) is 9.87. The second-order valence-electron chi connectivity index (χ2n) is 3.61. The molecule has 0 aliphatic heterocycles. The topological polar surface area (TPSA) is 47.0 Å². The zero-order valence-corrected chi connectivity index (χ0v) is 9.87. The van der Waals surface area contributed by atoms with Gasteiger partial charge in [-0.3, -0.25) is 0 Å². The van der Waals surface area contributed by atoms with E-state index in [1.54, 1.807) is 20.0 Å². The van der Waals surface area contributed by atoms with Gasteiger partial charge in [0, 0.05) is 13.1 Å². The molecule has 6 heteroatoms. The number of halogens is 2. The summed E-state index contributed by atoms with van der Waals surface area (Å²) in [5.41, 5.74) is 0.681. The summed E-state index contributed by atoms with van der Waals surface area (Å²) in [6, 6.07) is 4.02. The molecule has 0 radical (unpaired) electrons. The number of ether oxygens (including phenoxy) is 1. The molecule has 0 unspecified atom stereocenters. The smallest absolute Gasteiger partial charge is 0.260 e. The average Bonchev–Trinajstić information content (AvgIpc) is 2.36. The van der Waals surface area contributed by atoms with Gasteiger partial charge in [-0.2, -0.15) is 9.37 Å². The molecule has 1 aromatic heterocycles. The van der Waals surface area contributed by atoms with Gasteiger partial charge in [0.25, 0.3) is 5.88 Å². The SMILES string of the molecule is CNc1ncc(F)c(Oc2cc(F)ccc2C)n1. The summed E-state index contributed by atoms with van der Waals surface area (Å²) in [6.45, 7) is 1.73. The normalized spacial score (nSPS) is 10.2. The highest BCUT2D eigenvalue weighted by atomic mass is 19.1. The Hall–Kier alpha value is -2.24. The molecule has 0 atom stereocenters. The first-order valence-electron chi connectivity index (χ1n) is 5.24. The molecular weight excluding hydrogens is 240 g/mol. The van der Waals surface area contributed by atoms with Crippen molar-refractivity contribution >= 4 is 5.95 Å². The summed E-state index contributed by atoms with van der Waals surface area (Å²) in [6.07, 6.45) is 0.989. The van der Waals surface area contributed by atoms with Crippen LogP contribution in [0.3, 0.4) is 0 Å². The molecule has 2 rings (SSSR count). The van der Waals surface area contributed by atoms with Gasteiger partial charge >= 0.3 is 0 Å². The van der Waals surface area contributed by atoms with Crippen molar-refractivity contribution in [2.24, 2.45) is 0 Å². The third-order valence-corrected chi connectivity index (χ3v) is 2.29. The fraction of sp³-hybridized carbons (Fsp3) is 0.167. The number of anilines is 1. The molecule has 0 fully saturated rings. The lowest BCUT2D eigenvalue weighted by Crippen LogP contribution is -2.01. The van der Waals surface area contributed by atoms with Gasteiger partial charge in [0.05, 0.1) is 6.20 Å². The summed E-state index contributed by atoms with van der Waals surface area (Å²) < 4.78 is 31.8. The van der Waals surface area contributed by atoms with Crippen molar-refractivity contribution in [1.29, 1.82) is 0 Å². The van der Waals surface area contributed by atoms with E-state index in [4.69, 9.17) is 4.74 Å². The van der Waals surface area contributed by atoms with Crippen molar-refractivity contribution in [3.05, 3.63) is 41.6 Å². The first-order valence-corrected chi connectivity index (χ1v) is 5.24. The maximum absolute atomic E-state index is 13.5. The number of nitrogens with zero attached hydrogens (tertiary/aromatic N) is 2. The summed E-state index contributed by atoms with van der Waals surface area (Å²) in [5.74, 6) is -0.977. The van der Waals surface area contributed by atoms with Crippen LogP contribution in [0.15, 0.2) is 24.4 Å². The predicted octanol–water partition coefficient (Wildman–Crippen LogP) is 2.90. The highest BCUT2D eigenvalue weighted by Gasteiger charge is 2.11. The van der Waals surface area contributed by atoms with Crippen molar-refractivity contribution in [3.8, 4) is 11.6 Å². The maximum Gasteiger partial charge on any atom is 0.260 e. The van der Waals surface area contributed by atoms with Crippen LogP contribution in [0.5, 0.6) is 11.6 Å². The molecule has 0 saturated carbocycles. The van der Waals surface area contributed by atoms with Crippen LogP contribution in [0.1, 0.15) is 5.56 Å². The van der Waals surface area contributed by atoms with Gasteiger partial charge in [0.1, 0.15) is 11.6 Å². The molecule has 1 heterocycles. The third kappa shape index (κ3) is 2.53. The molecule has 4 nitrogen and oxygen atoms in total. The fourth-order valence-electron chi connectivity index (χ4n) is 1.33. The van der Waals surface area contributed by atoms with Crippen LogP contribution in [0.2, 0.25) is 0 Å². The maximum atomic E-state index is 13.5. The molecule has 0 aliphatic rings. The van der Waals surface area contributed by atoms with Gasteiger partial charge in [-0.25, -0.2) is 9.37 Å². The van der Waals surface area contributed by atoms with Crippen LogP contribution < -0.4 is 10.1 Å². The number of rotatable bonds is 3. The molecule has 0 saturated heterocycles. The minimum absolute atomic E-state index is 0.217. The summed E-state index contributed by atoms with van der Waals surface area (Å²) in [7, 11) is 1.60. The van der Waals surface area contributed by atoms with Gasteiger partial charge in [-0.05, 0) is 18.6 Å². The Morgan fingerprint density at radius 1 is 1.28 bits per heavy atom. The number of benzene rings is 1. The van der Waals surface area contributed by atoms with Crippen LogP contribution in [0.4, 0.5) is 14.7 Å². The van der Waals surface area contributed by atoms with Gasteiger partial charge in [-0.1, -0.05) is 6.07 Å². The average molecular weight is 251 g/mol. The van der Waals surface area contributed by atoms with Gasteiger partial charge in [0.15, 0.2) is 0 Å². The van der Waals surface area contributed by atoms with Crippen LogP contribution in [-0.4, -0.2) is 17.0 Å². The molecule has 0 bridgehead atoms. The van der Waals surface area contributed by atoms with Crippen molar-refractivity contribution in [1.82, 2.24) is 9.97 Å². The van der Waals surface area contributed by atoms with Crippen molar-refractivity contribution in [2.45, 2.75) is 6.92 Å². The molecule has 0 spiro atoms. The Bertz CT molecular complexity index is 575. The van der Waals surface area contributed by atoms with E-state index in [0.29, 0.717) is 5.56 Å². The molecule has 1 N–H and O–H groups in total. The molecule has 1 aromatic carbocycles. The number of hydrogen-bond acceptors (Lipinski definition) is 4. The van der Waals surface area contributed by atoms with E-state index in [0.717, 1.165) is 6.20 Å².